The summed E-state index contributed by atoms with van der Waals surface area (Å²) >= 11 is 0. The van der Waals surface area contributed by atoms with Gasteiger partial charge in [-0.3, -0.25) is 0 Å². The van der Waals surface area contributed by atoms with Crippen molar-refractivity contribution in [2.75, 3.05) is 0 Å². The van der Waals surface area contributed by atoms with Crippen LogP contribution in [0.5, 0.6) is 0 Å². The molecule has 3 fully saturated rings. The minimum atomic E-state index is 0.819. The highest BCUT2D eigenvalue weighted by atomic mass is 14.7. The maximum atomic E-state index is 2.00. The highest BCUT2D eigenvalue weighted by molar-refractivity contribution is 5.52. The highest BCUT2D eigenvalue weighted by Gasteiger charge is 2.67. The number of allylic oxidation sites excluding steroid dienone is 2. The Bertz CT molecular complexity index is 377. The van der Waals surface area contributed by atoms with Crippen molar-refractivity contribution < 1.29 is 0 Å². The largest absolute Gasteiger partial charge is 0.0683 e. The smallest absolute Gasteiger partial charge is 0.00424 e. The van der Waals surface area contributed by atoms with Crippen LogP contribution in [-0.2, 0) is 0 Å². The summed E-state index contributed by atoms with van der Waals surface area (Å²) in [6, 6.07) is 0. The molecule has 0 aliphatic heterocycles. The molecule has 2 bridgehead atoms. The molecule has 0 amide bonds. The van der Waals surface area contributed by atoms with Crippen LogP contribution in [0.2, 0.25) is 0 Å². The number of hydrogen-bond donors (Lipinski definition) is 0. The minimum Gasteiger partial charge on any atom is -0.0683 e. The van der Waals surface area contributed by atoms with E-state index in [0.717, 1.165) is 23.2 Å². The van der Waals surface area contributed by atoms with Gasteiger partial charge in [0.15, 0.2) is 0 Å². The Hall–Kier alpha value is -0.260. The van der Waals surface area contributed by atoms with Crippen molar-refractivity contribution in [1.29, 1.82) is 0 Å². The summed E-state index contributed by atoms with van der Waals surface area (Å²) in [5.41, 5.74) is 4.77. The molecule has 5 aliphatic carbocycles. The molecule has 0 radical (unpaired) electrons. The van der Waals surface area contributed by atoms with E-state index in [1.165, 1.54) is 12.3 Å². The summed E-state index contributed by atoms with van der Waals surface area (Å²) in [5.74, 6) is 4.57. The van der Waals surface area contributed by atoms with E-state index in [-0.39, 0.29) is 0 Å². The average molecular weight is 321 g/mol. The van der Waals surface area contributed by atoms with E-state index in [4.69, 9.17) is 0 Å². The lowest BCUT2D eigenvalue weighted by Crippen LogP contribution is -2.23. The molecule has 0 saturated heterocycles. The molecule has 0 heterocycles. The Kier molecular flexibility index (Phi) is 8.39. The van der Waals surface area contributed by atoms with Gasteiger partial charge >= 0.3 is 0 Å². The minimum absolute atomic E-state index is 0.819. The number of rotatable bonds is 0. The molecular formula is C23H44. The second-order valence-electron chi connectivity index (χ2n) is 6.99. The Balaban J connectivity index is 0.000000295. The van der Waals surface area contributed by atoms with Gasteiger partial charge in [0.05, 0.1) is 0 Å². The third kappa shape index (κ3) is 3.29. The van der Waals surface area contributed by atoms with Gasteiger partial charge in [0.1, 0.15) is 0 Å². The van der Waals surface area contributed by atoms with Crippen LogP contribution >= 0.6 is 0 Å². The van der Waals surface area contributed by atoms with Crippen molar-refractivity contribution in [2.45, 2.75) is 107 Å². The first-order valence-corrected chi connectivity index (χ1v) is 11.1. The third-order valence-electron chi connectivity index (χ3n) is 6.69. The molecular weight excluding hydrogens is 276 g/mol. The second kappa shape index (κ2) is 9.28. The van der Waals surface area contributed by atoms with Crippen LogP contribution in [-0.4, -0.2) is 0 Å². The molecule has 23 heavy (non-hydrogen) atoms. The van der Waals surface area contributed by atoms with E-state index in [1.54, 1.807) is 44.9 Å². The van der Waals surface area contributed by atoms with Crippen LogP contribution in [0.1, 0.15) is 107 Å². The molecule has 0 N–H and O–H groups in total. The number of fused-ring (bicyclic) bond motifs is 4. The molecule has 0 heteroatoms. The Morgan fingerprint density at radius 2 is 1.39 bits per heavy atom. The highest BCUT2D eigenvalue weighted by Crippen LogP contribution is 2.77. The van der Waals surface area contributed by atoms with Gasteiger partial charge in [-0.15, -0.1) is 0 Å². The predicted octanol–water partition coefficient (Wildman–Crippen LogP) is 8.03. The van der Waals surface area contributed by atoms with Gasteiger partial charge in [-0.2, -0.15) is 0 Å². The van der Waals surface area contributed by atoms with Crippen molar-refractivity contribution in [3.05, 3.63) is 11.1 Å². The maximum Gasteiger partial charge on any atom is -0.00424 e. The van der Waals surface area contributed by atoms with Crippen LogP contribution in [0.25, 0.3) is 0 Å². The summed E-state index contributed by atoms with van der Waals surface area (Å²) in [6.45, 7) is 16.0. The van der Waals surface area contributed by atoms with Gasteiger partial charge in [-0.05, 0) is 61.2 Å². The lowest BCUT2D eigenvalue weighted by atomic mass is 9.74. The van der Waals surface area contributed by atoms with Gasteiger partial charge in [-0.1, -0.05) is 85.8 Å². The molecule has 5 aliphatic rings. The lowest BCUT2D eigenvalue weighted by molar-refractivity contribution is 0.209. The van der Waals surface area contributed by atoms with Gasteiger partial charge in [0.2, 0.25) is 0 Å². The monoisotopic (exact) mass is 320 g/mol. The molecule has 0 aromatic carbocycles. The van der Waals surface area contributed by atoms with E-state index in [0.29, 0.717) is 0 Å². The first kappa shape index (κ1) is 20.8. The SMILES string of the molecule is C1CCC2C(C1)CC13CC(CC21)C1=C3C1.CC.CC.CC.CC. The summed E-state index contributed by atoms with van der Waals surface area (Å²) in [4.78, 5) is 0. The summed E-state index contributed by atoms with van der Waals surface area (Å²) in [6.07, 6.45) is 12.6. The van der Waals surface area contributed by atoms with Crippen molar-refractivity contribution in [1.82, 2.24) is 0 Å². The molecule has 3 saturated carbocycles. The fraction of sp³-hybridized carbons (Fsp3) is 0.913. The van der Waals surface area contributed by atoms with Gasteiger partial charge in [0, 0.05) is 0 Å². The van der Waals surface area contributed by atoms with E-state index in [1.807, 2.05) is 66.5 Å². The molecule has 5 atom stereocenters. The standard InChI is InChI=1S/C15H20.4C2H6/c1-2-4-11-9(3-1)7-15-8-10(5-13(11)15)12-6-14(12)15;4*1-2/h9-11,13H,1-8H2;4*1-2H3. The van der Waals surface area contributed by atoms with E-state index < -0.39 is 0 Å². The van der Waals surface area contributed by atoms with Crippen LogP contribution in [0.4, 0.5) is 0 Å². The molecule has 0 aromatic heterocycles. The van der Waals surface area contributed by atoms with Crippen LogP contribution in [0, 0.1) is 29.1 Å². The quantitative estimate of drug-likeness (QED) is 0.396. The Morgan fingerprint density at radius 3 is 2.00 bits per heavy atom. The van der Waals surface area contributed by atoms with Gasteiger partial charge in [0.25, 0.3) is 0 Å². The number of hydrogen-bond acceptors (Lipinski definition) is 0. The fourth-order valence-electron chi connectivity index (χ4n) is 6.28. The van der Waals surface area contributed by atoms with Gasteiger partial charge in [-0.25, -0.2) is 0 Å². The zero-order valence-electron chi connectivity index (χ0n) is 17.5. The zero-order chi connectivity index (χ0) is 17.6. The Labute approximate surface area is 147 Å². The fourth-order valence-corrected chi connectivity index (χ4v) is 6.28. The molecule has 0 nitrogen and oxygen atoms in total. The molecule has 5 rings (SSSR count). The first-order valence-electron chi connectivity index (χ1n) is 11.1. The zero-order valence-corrected chi connectivity index (χ0v) is 17.5. The van der Waals surface area contributed by atoms with Crippen molar-refractivity contribution in [3.8, 4) is 0 Å². The predicted molar refractivity (Wildman–Crippen MR) is 106 cm³/mol. The van der Waals surface area contributed by atoms with Crippen LogP contribution in [0.3, 0.4) is 0 Å². The van der Waals surface area contributed by atoms with E-state index in [9.17, 15) is 0 Å². The molecule has 5 unspecified atom stereocenters. The maximum absolute atomic E-state index is 2.00. The summed E-state index contributed by atoms with van der Waals surface area (Å²) in [5, 5.41) is 0. The molecule has 136 valence electrons. The molecule has 1 spiro atoms. The lowest BCUT2D eigenvalue weighted by Gasteiger charge is -2.31. The van der Waals surface area contributed by atoms with Crippen LogP contribution in [0.15, 0.2) is 11.1 Å². The summed E-state index contributed by atoms with van der Waals surface area (Å²) < 4.78 is 0. The second-order valence-corrected chi connectivity index (χ2v) is 6.99. The summed E-state index contributed by atoms with van der Waals surface area (Å²) in [7, 11) is 0. The Morgan fingerprint density at radius 1 is 0.783 bits per heavy atom. The van der Waals surface area contributed by atoms with Crippen LogP contribution < -0.4 is 0 Å². The van der Waals surface area contributed by atoms with Crippen molar-refractivity contribution in [2.24, 2.45) is 29.1 Å². The normalized spacial score (nSPS) is 39.7. The topological polar surface area (TPSA) is 0 Å². The van der Waals surface area contributed by atoms with E-state index >= 15 is 0 Å². The first-order chi connectivity index (χ1) is 11.4. The van der Waals surface area contributed by atoms with E-state index in [2.05, 4.69) is 0 Å². The van der Waals surface area contributed by atoms with Crippen molar-refractivity contribution >= 4 is 0 Å². The average Bonchev–Trinajstić information content (AvgIpc) is 3.22. The molecule has 0 aromatic rings. The van der Waals surface area contributed by atoms with Gasteiger partial charge < -0.3 is 0 Å². The van der Waals surface area contributed by atoms with Crippen molar-refractivity contribution in [3.63, 3.8) is 0 Å². The third-order valence-corrected chi connectivity index (χ3v) is 6.69.